The van der Waals surface area contributed by atoms with E-state index in [1.54, 1.807) is 0 Å². The summed E-state index contributed by atoms with van der Waals surface area (Å²) in [5.41, 5.74) is 3.53. The van der Waals surface area contributed by atoms with E-state index in [9.17, 15) is 0 Å². The van der Waals surface area contributed by atoms with Crippen LogP contribution in [0.3, 0.4) is 0 Å². The SMILES string of the molecule is Cc1ccnc(CN2CCN(c3nccc(C(C)C)n3)CC2)c1. The molecule has 0 aromatic carbocycles. The van der Waals surface area contributed by atoms with Crippen LogP contribution in [0.2, 0.25) is 0 Å². The molecule has 0 radical (unpaired) electrons. The summed E-state index contributed by atoms with van der Waals surface area (Å²) in [6.45, 7) is 11.3. The van der Waals surface area contributed by atoms with Gasteiger partial charge >= 0.3 is 0 Å². The molecule has 5 heteroatoms. The Labute approximate surface area is 138 Å². The largest absolute Gasteiger partial charge is 0.338 e. The third-order valence-electron chi connectivity index (χ3n) is 4.27. The van der Waals surface area contributed by atoms with E-state index in [2.05, 4.69) is 46.6 Å². The van der Waals surface area contributed by atoms with Crippen molar-refractivity contribution < 1.29 is 0 Å². The first-order valence-electron chi connectivity index (χ1n) is 8.33. The second-order valence-corrected chi connectivity index (χ2v) is 6.52. The maximum absolute atomic E-state index is 4.70. The molecule has 2 aromatic rings. The van der Waals surface area contributed by atoms with E-state index in [1.807, 2.05) is 24.5 Å². The molecule has 5 nitrogen and oxygen atoms in total. The maximum atomic E-state index is 4.70. The van der Waals surface area contributed by atoms with Crippen molar-refractivity contribution in [2.24, 2.45) is 0 Å². The number of rotatable bonds is 4. The van der Waals surface area contributed by atoms with Crippen molar-refractivity contribution in [2.45, 2.75) is 33.2 Å². The number of hydrogen-bond acceptors (Lipinski definition) is 5. The summed E-state index contributed by atoms with van der Waals surface area (Å²) in [6.07, 6.45) is 3.77. The molecule has 0 spiro atoms. The summed E-state index contributed by atoms with van der Waals surface area (Å²) < 4.78 is 0. The van der Waals surface area contributed by atoms with Gasteiger partial charge in [-0.1, -0.05) is 13.8 Å². The van der Waals surface area contributed by atoms with Crippen LogP contribution >= 0.6 is 0 Å². The lowest BCUT2D eigenvalue weighted by Crippen LogP contribution is -2.46. The average molecular weight is 311 g/mol. The fraction of sp³-hybridized carbons (Fsp3) is 0.500. The topological polar surface area (TPSA) is 45.2 Å². The Balaban J connectivity index is 1.59. The van der Waals surface area contributed by atoms with E-state index >= 15 is 0 Å². The van der Waals surface area contributed by atoms with Crippen LogP contribution in [-0.2, 0) is 6.54 Å². The van der Waals surface area contributed by atoms with Gasteiger partial charge in [0, 0.05) is 50.8 Å². The van der Waals surface area contributed by atoms with Gasteiger partial charge in [-0.3, -0.25) is 9.88 Å². The van der Waals surface area contributed by atoms with Crippen LogP contribution in [0.25, 0.3) is 0 Å². The molecule has 1 fully saturated rings. The fourth-order valence-electron chi connectivity index (χ4n) is 2.86. The highest BCUT2D eigenvalue weighted by Crippen LogP contribution is 2.16. The molecule has 122 valence electrons. The van der Waals surface area contributed by atoms with Gasteiger partial charge in [-0.15, -0.1) is 0 Å². The Bertz CT molecular complexity index is 647. The minimum Gasteiger partial charge on any atom is -0.338 e. The molecular weight excluding hydrogens is 286 g/mol. The predicted octanol–water partition coefficient (Wildman–Crippen LogP) is 2.63. The fourth-order valence-corrected chi connectivity index (χ4v) is 2.86. The highest BCUT2D eigenvalue weighted by Gasteiger charge is 2.19. The lowest BCUT2D eigenvalue weighted by Gasteiger charge is -2.34. The molecule has 0 atom stereocenters. The molecule has 3 rings (SSSR count). The van der Waals surface area contributed by atoms with Gasteiger partial charge in [0.15, 0.2) is 0 Å². The van der Waals surface area contributed by atoms with Crippen molar-refractivity contribution in [2.75, 3.05) is 31.1 Å². The molecule has 0 amide bonds. The van der Waals surface area contributed by atoms with Gasteiger partial charge in [-0.05, 0) is 36.6 Å². The number of nitrogens with zero attached hydrogens (tertiary/aromatic N) is 5. The van der Waals surface area contributed by atoms with Crippen molar-refractivity contribution in [3.63, 3.8) is 0 Å². The second kappa shape index (κ2) is 7.04. The van der Waals surface area contributed by atoms with Crippen LogP contribution in [0.5, 0.6) is 0 Å². The summed E-state index contributed by atoms with van der Waals surface area (Å²) in [5, 5.41) is 0. The standard InChI is InChI=1S/C18H25N5/c1-14(2)17-5-7-20-18(21-17)23-10-8-22(9-11-23)13-16-12-15(3)4-6-19-16/h4-7,12,14H,8-11,13H2,1-3H3. The Morgan fingerprint density at radius 3 is 2.48 bits per heavy atom. The molecule has 23 heavy (non-hydrogen) atoms. The van der Waals surface area contributed by atoms with Crippen molar-refractivity contribution in [3.8, 4) is 0 Å². The van der Waals surface area contributed by atoms with Gasteiger partial charge in [-0.2, -0.15) is 0 Å². The van der Waals surface area contributed by atoms with Gasteiger partial charge in [0.25, 0.3) is 0 Å². The molecule has 1 aliphatic heterocycles. The smallest absolute Gasteiger partial charge is 0.225 e. The lowest BCUT2D eigenvalue weighted by atomic mass is 10.1. The third-order valence-corrected chi connectivity index (χ3v) is 4.27. The van der Waals surface area contributed by atoms with Gasteiger partial charge in [0.2, 0.25) is 5.95 Å². The van der Waals surface area contributed by atoms with Crippen molar-refractivity contribution in [1.29, 1.82) is 0 Å². The summed E-state index contributed by atoms with van der Waals surface area (Å²) in [6, 6.07) is 6.22. The Morgan fingerprint density at radius 2 is 1.78 bits per heavy atom. The minimum atomic E-state index is 0.436. The number of pyridine rings is 1. The zero-order chi connectivity index (χ0) is 16.2. The van der Waals surface area contributed by atoms with Crippen LogP contribution in [0.15, 0.2) is 30.6 Å². The number of piperazine rings is 1. The zero-order valence-corrected chi connectivity index (χ0v) is 14.2. The van der Waals surface area contributed by atoms with Crippen LogP contribution in [-0.4, -0.2) is 46.0 Å². The van der Waals surface area contributed by atoms with E-state index in [0.29, 0.717) is 5.92 Å². The van der Waals surface area contributed by atoms with Crippen molar-refractivity contribution >= 4 is 5.95 Å². The molecule has 2 aromatic heterocycles. The second-order valence-electron chi connectivity index (χ2n) is 6.52. The van der Waals surface area contributed by atoms with Gasteiger partial charge in [0.1, 0.15) is 0 Å². The number of hydrogen-bond donors (Lipinski definition) is 0. The maximum Gasteiger partial charge on any atom is 0.225 e. The molecule has 0 bridgehead atoms. The molecule has 1 aliphatic rings. The predicted molar refractivity (Wildman–Crippen MR) is 92.6 cm³/mol. The summed E-state index contributed by atoms with van der Waals surface area (Å²) >= 11 is 0. The number of aromatic nitrogens is 3. The van der Waals surface area contributed by atoms with E-state index in [4.69, 9.17) is 4.98 Å². The van der Waals surface area contributed by atoms with E-state index < -0.39 is 0 Å². The molecule has 1 saturated heterocycles. The Kier molecular flexibility index (Phi) is 4.86. The lowest BCUT2D eigenvalue weighted by molar-refractivity contribution is 0.246. The number of anilines is 1. The molecule has 3 heterocycles. The first-order valence-corrected chi connectivity index (χ1v) is 8.33. The highest BCUT2D eigenvalue weighted by molar-refractivity contribution is 5.31. The average Bonchev–Trinajstić information content (AvgIpc) is 2.56. The van der Waals surface area contributed by atoms with Gasteiger partial charge in [0.05, 0.1) is 5.69 Å². The quantitative estimate of drug-likeness (QED) is 0.868. The third kappa shape index (κ3) is 4.05. The van der Waals surface area contributed by atoms with Crippen LogP contribution < -0.4 is 4.90 Å². The molecule has 0 saturated carbocycles. The Hall–Kier alpha value is -2.01. The summed E-state index contributed by atoms with van der Waals surface area (Å²) in [4.78, 5) is 18.3. The monoisotopic (exact) mass is 311 g/mol. The summed E-state index contributed by atoms with van der Waals surface area (Å²) in [7, 11) is 0. The van der Waals surface area contributed by atoms with Crippen molar-refractivity contribution in [1.82, 2.24) is 19.9 Å². The van der Waals surface area contributed by atoms with Crippen molar-refractivity contribution in [3.05, 3.63) is 47.5 Å². The van der Waals surface area contributed by atoms with E-state index in [0.717, 1.165) is 50.1 Å². The zero-order valence-electron chi connectivity index (χ0n) is 14.2. The summed E-state index contributed by atoms with van der Waals surface area (Å²) in [5.74, 6) is 1.30. The van der Waals surface area contributed by atoms with Crippen LogP contribution in [0.4, 0.5) is 5.95 Å². The minimum absolute atomic E-state index is 0.436. The van der Waals surface area contributed by atoms with Gasteiger partial charge < -0.3 is 4.90 Å². The van der Waals surface area contributed by atoms with E-state index in [1.165, 1.54) is 5.56 Å². The molecular formula is C18H25N5. The highest BCUT2D eigenvalue weighted by atomic mass is 15.3. The molecule has 0 aliphatic carbocycles. The Morgan fingerprint density at radius 1 is 1.04 bits per heavy atom. The van der Waals surface area contributed by atoms with E-state index in [-0.39, 0.29) is 0 Å². The molecule has 0 unspecified atom stereocenters. The van der Waals surface area contributed by atoms with Crippen LogP contribution in [0.1, 0.15) is 36.7 Å². The molecule has 0 N–H and O–H groups in total. The first-order chi connectivity index (χ1) is 11.1. The normalized spacial score (nSPS) is 16.1. The first kappa shape index (κ1) is 15.9. The van der Waals surface area contributed by atoms with Crippen LogP contribution in [0, 0.1) is 6.92 Å². The van der Waals surface area contributed by atoms with Gasteiger partial charge in [-0.25, -0.2) is 9.97 Å². The number of aryl methyl sites for hydroxylation is 1.